The summed E-state index contributed by atoms with van der Waals surface area (Å²) in [5.74, 6) is -1.86. The van der Waals surface area contributed by atoms with Crippen LogP contribution in [0.25, 0.3) is 0 Å². The molecule has 0 amide bonds. The second kappa shape index (κ2) is 5.34. The van der Waals surface area contributed by atoms with Gasteiger partial charge in [-0.3, -0.25) is 9.59 Å². The number of rotatable bonds is 6. The fraction of sp³-hybridized carbons (Fsp3) is 0.400. The molecule has 1 aliphatic rings. The third kappa shape index (κ3) is 2.72. The van der Waals surface area contributed by atoms with Crippen molar-refractivity contribution >= 4 is 17.5 Å². The molecule has 0 N–H and O–H groups in total. The molecule has 0 unspecified atom stereocenters. The number of carbonyl (C=O) groups excluding carboxylic acids is 3. The number of ketones is 2. The van der Waals surface area contributed by atoms with Crippen molar-refractivity contribution in [2.75, 3.05) is 6.61 Å². The fourth-order valence-corrected chi connectivity index (χ4v) is 2.21. The molecule has 1 aromatic rings. The third-order valence-electron chi connectivity index (χ3n) is 3.43. The Morgan fingerprint density at radius 2 is 1.79 bits per heavy atom. The molecule has 100 valence electrons. The Hall–Kier alpha value is -1.97. The van der Waals surface area contributed by atoms with Crippen LogP contribution in [0.5, 0.6) is 0 Å². The summed E-state index contributed by atoms with van der Waals surface area (Å²) in [7, 11) is 0. The maximum absolute atomic E-state index is 12.2. The van der Waals surface area contributed by atoms with E-state index in [1.54, 1.807) is 6.92 Å². The highest BCUT2D eigenvalue weighted by molar-refractivity contribution is 6.37. The van der Waals surface area contributed by atoms with E-state index in [0.717, 1.165) is 18.4 Å². The minimum absolute atomic E-state index is 0.141. The molecule has 0 radical (unpaired) electrons. The molecular weight excluding hydrogens is 244 g/mol. The van der Waals surface area contributed by atoms with Gasteiger partial charge in [-0.1, -0.05) is 30.3 Å². The van der Waals surface area contributed by atoms with Gasteiger partial charge in [-0.05, 0) is 25.3 Å². The van der Waals surface area contributed by atoms with Crippen molar-refractivity contribution < 1.29 is 19.1 Å². The molecule has 0 spiro atoms. The first-order valence-corrected chi connectivity index (χ1v) is 6.39. The molecule has 0 aromatic heterocycles. The van der Waals surface area contributed by atoms with Crippen molar-refractivity contribution in [3.05, 3.63) is 35.9 Å². The summed E-state index contributed by atoms with van der Waals surface area (Å²) in [6, 6.07) is 9.40. The van der Waals surface area contributed by atoms with E-state index >= 15 is 0 Å². The van der Waals surface area contributed by atoms with Gasteiger partial charge in [-0.25, -0.2) is 4.79 Å². The van der Waals surface area contributed by atoms with Crippen molar-refractivity contribution in [1.82, 2.24) is 0 Å². The van der Waals surface area contributed by atoms with Crippen LogP contribution in [-0.2, 0) is 24.5 Å². The molecule has 0 aliphatic heterocycles. The Morgan fingerprint density at radius 1 is 1.16 bits per heavy atom. The number of ether oxygens (including phenoxy) is 1. The standard InChI is InChI=1S/C15H16O4/c1-2-19-14(18)12(16)10-13(17)15(8-9-15)11-6-4-3-5-7-11/h3-7H,2,8-10H2,1H3. The lowest BCUT2D eigenvalue weighted by Gasteiger charge is -2.13. The van der Waals surface area contributed by atoms with Crippen LogP contribution < -0.4 is 0 Å². The highest BCUT2D eigenvalue weighted by atomic mass is 16.5. The van der Waals surface area contributed by atoms with E-state index in [1.807, 2.05) is 30.3 Å². The molecule has 1 fully saturated rings. The summed E-state index contributed by atoms with van der Waals surface area (Å²) < 4.78 is 4.60. The number of esters is 1. The van der Waals surface area contributed by atoms with E-state index in [2.05, 4.69) is 4.74 Å². The molecule has 0 atom stereocenters. The zero-order chi connectivity index (χ0) is 13.9. The van der Waals surface area contributed by atoms with Gasteiger partial charge in [0, 0.05) is 0 Å². The molecule has 4 nitrogen and oxygen atoms in total. The number of hydrogen-bond acceptors (Lipinski definition) is 4. The minimum atomic E-state index is -0.917. The maximum atomic E-state index is 12.2. The summed E-state index contributed by atoms with van der Waals surface area (Å²) in [6.45, 7) is 1.77. The highest BCUT2D eigenvalue weighted by Gasteiger charge is 2.51. The first-order valence-electron chi connectivity index (χ1n) is 6.39. The Kier molecular flexibility index (Phi) is 3.79. The molecule has 0 saturated heterocycles. The highest BCUT2D eigenvalue weighted by Crippen LogP contribution is 2.49. The molecule has 0 heterocycles. The number of carbonyl (C=O) groups is 3. The number of Topliss-reactive ketones (excluding diaryl/α,β-unsaturated/α-hetero) is 2. The molecule has 1 saturated carbocycles. The van der Waals surface area contributed by atoms with Crippen molar-refractivity contribution in [2.45, 2.75) is 31.6 Å². The summed E-state index contributed by atoms with van der Waals surface area (Å²) in [6.07, 6.45) is 1.12. The number of benzene rings is 1. The normalized spacial score (nSPS) is 15.6. The van der Waals surface area contributed by atoms with E-state index in [4.69, 9.17) is 0 Å². The van der Waals surface area contributed by atoms with E-state index < -0.39 is 17.2 Å². The Labute approximate surface area is 111 Å². The van der Waals surface area contributed by atoms with Crippen molar-refractivity contribution in [1.29, 1.82) is 0 Å². The molecule has 2 rings (SSSR count). The van der Waals surface area contributed by atoms with Gasteiger partial charge in [0.15, 0.2) is 5.78 Å². The molecule has 19 heavy (non-hydrogen) atoms. The zero-order valence-corrected chi connectivity index (χ0v) is 10.8. The smallest absolute Gasteiger partial charge is 0.375 e. The molecular formula is C15H16O4. The van der Waals surface area contributed by atoms with Crippen LogP contribution in [0.15, 0.2) is 30.3 Å². The third-order valence-corrected chi connectivity index (χ3v) is 3.43. The van der Waals surface area contributed by atoms with Crippen LogP contribution in [0.3, 0.4) is 0 Å². The van der Waals surface area contributed by atoms with Crippen molar-refractivity contribution in [2.24, 2.45) is 0 Å². The van der Waals surface area contributed by atoms with Gasteiger partial charge in [0.1, 0.15) is 0 Å². The largest absolute Gasteiger partial charge is 0.460 e. The second-order valence-corrected chi connectivity index (χ2v) is 4.69. The quantitative estimate of drug-likeness (QED) is 0.444. The van der Waals surface area contributed by atoms with Crippen LogP contribution in [-0.4, -0.2) is 24.1 Å². The van der Waals surface area contributed by atoms with Gasteiger partial charge in [0.2, 0.25) is 5.78 Å². The molecule has 1 aliphatic carbocycles. The average Bonchev–Trinajstić information content (AvgIpc) is 3.21. The predicted octanol–water partition coefficient (Wildman–Crippen LogP) is 1.81. The van der Waals surface area contributed by atoms with Crippen LogP contribution in [0.4, 0.5) is 0 Å². The summed E-state index contributed by atoms with van der Waals surface area (Å²) >= 11 is 0. The van der Waals surface area contributed by atoms with Gasteiger partial charge < -0.3 is 4.74 Å². The van der Waals surface area contributed by atoms with E-state index in [1.165, 1.54) is 0 Å². The number of hydrogen-bond donors (Lipinski definition) is 0. The predicted molar refractivity (Wildman–Crippen MR) is 68.6 cm³/mol. The lowest BCUT2D eigenvalue weighted by molar-refractivity contribution is -0.154. The van der Waals surface area contributed by atoms with Crippen molar-refractivity contribution in [3.63, 3.8) is 0 Å². The second-order valence-electron chi connectivity index (χ2n) is 4.69. The van der Waals surface area contributed by atoms with Gasteiger partial charge in [0.05, 0.1) is 18.4 Å². The topological polar surface area (TPSA) is 60.4 Å². The Morgan fingerprint density at radius 3 is 2.32 bits per heavy atom. The molecule has 4 heteroatoms. The molecule has 1 aromatic carbocycles. The van der Waals surface area contributed by atoms with Gasteiger partial charge in [-0.15, -0.1) is 0 Å². The summed E-state index contributed by atoms with van der Waals surface area (Å²) in [5.41, 5.74) is 0.375. The van der Waals surface area contributed by atoms with Gasteiger partial charge in [-0.2, -0.15) is 0 Å². The summed E-state index contributed by atoms with van der Waals surface area (Å²) in [5, 5.41) is 0. The minimum Gasteiger partial charge on any atom is -0.460 e. The van der Waals surface area contributed by atoms with E-state index in [-0.39, 0.29) is 18.8 Å². The summed E-state index contributed by atoms with van der Waals surface area (Å²) in [4.78, 5) is 35.0. The SMILES string of the molecule is CCOC(=O)C(=O)CC(=O)C1(c2ccccc2)CC1. The van der Waals surface area contributed by atoms with Crippen LogP contribution in [0, 0.1) is 0 Å². The van der Waals surface area contributed by atoms with Gasteiger partial charge >= 0.3 is 5.97 Å². The Balaban J connectivity index is 2.05. The Bertz CT molecular complexity index is 500. The van der Waals surface area contributed by atoms with E-state index in [9.17, 15) is 14.4 Å². The maximum Gasteiger partial charge on any atom is 0.375 e. The fourth-order valence-electron chi connectivity index (χ4n) is 2.21. The molecule has 0 bridgehead atoms. The zero-order valence-electron chi connectivity index (χ0n) is 10.8. The van der Waals surface area contributed by atoms with Gasteiger partial charge in [0.25, 0.3) is 0 Å². The first-order chi connectivity index (χ1) is 9.10. The first kappa shape index (κ1) is 13.5. The van der Waals surface area contributed by atoms with E-state index in [0.29, 0.717) is 0 Å². The van der Waals surface area contributed by atoms with Crippen LogP contribution in [0.1, 0.15) is 31.7 Å². The monoisotopic (exact) mass is 260 g/mol. The lowest BCUT2D eigenvalue weighted by atomic mass is 9.89. The van der Waals surface area contributed by atoms with Crippen LogP contribution >= 0.6 is 0 Å². The van der Waals surface area contributed by atoms with Crippen LogP contribution in [0.2, 0.25) is 0 Å². The lowest BCUT2D eigenvalue weighted by Crippen LogP contribution is -2.27. The average molecular weight is 260 g/mol. The van der Waals surface area contributed by atoms with Crippen molar-refractivity contribution in [3.8, 4) is 0 Å².